The summed E-state index contributed by atoms with van der Waals surface area (Å²) < 4.78 is 62.9. The number of rotatable bonds is 5. The first-order chi connectivity index (χ1) is 12.1. The molecule has 2 saturated heterocycles. The zero-order valence-corrected chi connectivity index (χ0v) is 13.7. The molecule has 2 N–H and O–H groups in total. The van der Waals surface area contributed by atoms with Crippen LogP contribution in [0.5, 0.6) is 5.75 Å². The van der Waals surface area contributed by atoms with Crippen molar-refractivity contribution in [1.29, 1.82) is 0 Å². The fraction of sp³-hybridized carbons (Fsp3) is 0.444. The van der Waals surface area contributed by atoms with Crippen LogP contribution in [0.15, 0.2) is 18.4 Å². The Morgan fingerprint density at radius 1 is 1.08 bits per heavy atom. The number of nitrogens with one attached hydrogen (secondary N) is 2. The lowest BCUT2D eigenvalue weighted by Crippen LogP contribution is -2.27. The summed E-state index contributed by atoms with van der Waals surface area (Å²) in [5, 5.41) is 6.24. The number of ether oxygens (including phenoxy) is 1. The lowest BCUT2D eigenvalue weighted by Gasteiger charge is -2.21. The Hall–Kier alpha value is -2.02. The maximum Gasteiger partial charge on any atom is 0.204 e. The molecule has 0 aliphatic carbocycles. The van der Waals surface area contributed by atoms with Crippen molar-refractivity contribution in [1.82, 2.24) is 10.6 Å². The molecule has 0 spiro atoms. The summed E-state index contributed by atoms with van der Waals surface area (Å²) in [7, 11) is 0. The maximum absolute atomic E-state index is 14.7. The number of halogens is 4. The van der Waals surface area contributed by atoms with Crippen molar-refractivity contribution in [3.8, 4) is 5.75 Å². The Labute approximate surface area is 143 Å². The fourth-order valence-corrected chi connectivity index (χ4v) is 3.41. The molecule has 1 aromatic rings. The number of benzene rings is 1. The number of allylic oxidation sites excluding steroid dienone is 1. The van der Waals surface area contributed by atoms with Gasteiger partial charge in [0.2, 0.25) is 11.6 Å². The molecule has 7 heteroatoms. The van der Waals surface area contributed by atoms with E-state index in [1.165, 1.54) is 6.08 Å². The molecular weight excluding hydrogens is 336 g/mol. The van der Waals surface area contributed by atoms with Crippen LogP contribution in [0.4, 0.5) is 17.6 Å². The van der Waals surface area contributed by atoms with Gasteiger partial charge in [0.25, 0.3) is 0 Å². The molecule has 3 nitrogen and oxygen atoms in total. The first kappa shape index (κ1) is 17.8. The van der Waals surface area contributed by atoms with Gasteiger partial charge in [-0.25, -0.2) is 8.78 Å². The van der Waals surface area contributed by atoms with Crippen LogP contribution in [-0.4, -0.2) is 25.7 Å². The van der Waals surface area contributed by atoms with E-state index >= 15 is 0 Å². The standard InChI is InChI=1S/C18H20F4N2O/c1-2-9-25-18-16(21)14(19)13(15(20)17(18)22)12(10-5-3-7-23-10)11-6-4-8-24-11/h2,10,23-24H,1,3-9H2/b12-11+. The topological polar surface area (TPSA) is 33.3 Å². The maximum atomic E-state index is 14.7. The molecule has 3 rings (SSSR count). The number of hydrogen-bond acceptors (Lipinski definition) is 3. The van der Waals surface area contributed by atoms with E-state index in [-0.39, 0.29) is 18.2 Å². The van der Waals surface area contributed by atoms with E-state index < -0.39 is 34.6 Å². The van der Waals surface area contributed by atoms with Gasteiger partial charge in [0.1, 0.15) is 6.61 Å². The van der Waals surface area contributed by atoms with E-state index in [9.17, 15) is 17.6 Å². The monoisotopic (exact) mass is 356 g/mol. The summed E-state index contributed by atoms with van der Waals surface area (Å²) in [6.45, 7) is 4.45. The zero-order chi connectivity index (χ0) is 18.0. The molecule has 136 valence electrons. The second-order valence-electron chi connectivity index (χ2n) is 6.13. The van der Waals surface area contributed by atoms with Crippen LogP contribution >= 0.6 is 0 Å². The second kappa shape index (κ2) is 7.47. The van der Waals surface area contributed by atoms with Gasteiger partial charge in [0, 0.05) is 23.9 Å². The van der Waals surface area contributed by atoms with Crippen molar-refractivity contribution >= 4 is 5.57 Å². The van der Waals surface area contributed by atoms with Crippen LogP contribution in [0.25, 0.3) is 5.57 Å². The molecule has 25 heavy (non-hydrogen) atoms. The van der Waals surface area contributed by atoms with Gasteiger partial charge in [-0.05, 0) is 32.2 Å². The van der Waals surface area contributed by atoms with E-state index in [4.69, 9.17) is 4.74 Å². The van der Waals surface area contributed by atoms with Crippen LogP contribution in [0.1, 0.15) is 31.2 Å². The van der Waals surface area contributed by atoms with Gasteiger partial charge in [-0.15, -0.1) is 0 Å². The van der Waals surface area contributed by atoms with Crippen molar-refractivity contribution in [3.63, 3.8) is 0 Å². The van der Waals surface area contributed by atoms with Crippen molar-refractivity contribution in [2.75, 3.05) is 19.7 Å². The van der Waals surface area contributed by atoms with E-state index in [1.54, 1.807) is 0 Å². The highest BCUT2D eigenvalue weighted by molar-refractivity contribution is 5.74. The van der Waals surface area contributed by atoms with Crippen LogP contribution in [0.3, 0.4) is 0 Å². The summed E-state index contributed by atoms with van der Waals surface area (Å²) in [6.07, 6.45) is 4.11. The fourth-order valence-electron chi connectivity index (χ4n) is 3.41. The highest BCUT2D eigenvalue weighted by atomic mass is 19.2. The third-order valence-corrected chi connectivity index (χ3v) is 4.51. The predicted octanol–water partition coefficient (Wildman–Crippen LogP) is 3.65. The van der Waals surface area contributed by atoms with E-state index in [1.807, 2.05) is 0 Å². The van der Waals surface area contributed by atoms with Gasteiger partial charge in [-0.1, -0.05) is 12.7 Å². The highest BCUT2D eigenvalue weighted by Gasteiger charge is 2.34. The molecule has 0 bridgehead atoms. The molecule has 0 radical (unpaired) electrons. The van der Waals surface area contributed by atoms with Crippen molar-refractivity contribution in [2.24, 2.45) is 0 Å². The molecule has 1 aromatic carbocycles. The van der Waals surface area contributed by atoms with E-state index in [0.717, 1.165) is 12.8 Å². The lowest BCUT2D eigenvalue weighted by molar-refractivity contribution is 0.301. The molecule has 2 aliphatic rings. The first-order valence-corrected chi connectivity index (χ1v) is 8.36. The average Bonchev–Trinajstić information content (AvgIpc) is 3.31. The normalized spacial score (nSPS) is 22.0. The van der Waals surface area contributed by atoms with Crippen LogP contribution in [0.2, 0.25) is 0 Å². The van der Waals surface area contributed by atoms with Crippen molar-refractivity contribution in [2.45, 2.75) is 31.7 Å². The minimum Gasteiger partial charge on any atom is -0.483 e. The van der Waals surface area contributed by atoms with Gasteiger partial charge in [-0.3, -0.25) is 0 Å². The Balaban J connectivity index is 2.16. The third-order valence-electron chi connectivity index (χ3n) is 4.51. The van der Waals surface area contributed by atoms with Crippen LogP contribution in [-0.2, 0) is 0 Å². The summed E-state index contributed by atoms with van der Waals surface area (Å²) in [4.78, 5) is 0. The summed E-state index contributed by atoms with van der Waals surface area (Å²) in [5.41, 5.74) is 0.263. The number of hydrogen-bond donors (Lipinski definition) is 2. The molecule has 2 heterocycles. The van der Waals surface area contributed by atoms with Gasteiger partial charge in [0.15, 0.2) is 17.4 Å². The Bertz CT molecular complexity index is 675. The molecule has 0 saturated carbocycles. The smallest absolute Gasteiger partial charge is 0.204 e. The minimum atomic E-state index is -1.52. The Morgan fingerprint density at radius 2 is 1.80 bits per heavy atom. The Kier molecular flexibility index (Phi) is 5.32. The minimum absolute atomic E-state index is 0.258. The second-order valence-corrected chi connectivity index (χ2v) is 6.13. The summed E-state index contributed by atoms with van der Waals surface area (Å²) >= 11 is 0. The van der Waals surface area contributed by atoms with Crippen LogP contribution in [0, 0.1) is 23.3 Å². The Morgan fingerprint density at radius 3 is 2.32 bits per heavy atom. The zero-order valence-electron chi connectivity index (χ0n) is 13.7. The van der Waals surface area contributed by atoms with Gasteiger partial charge in [0.05, 0.1) is 5.56 Å². The third kappa shape index (κ3) is 3.25. The first-order valence-electron chi connectivity index (χ1n) is 8.36. The average molecular weight is 356 g/mol. The van der Waals surface area contributed by atoms with Gasteiger partial charge < -0.3 is 15.4 Å². The quantitative estimate of drug-likeness (QED) is 0.480. The van der Waals surface area contributed by atoms with Crippen molar-refractivity contribution in [3.05, 3.63) is 47.2 Å². The summed E-state index contributed by atoms with van der Waals surface area (Å²) in [6, 6.07) is -0.344. The molecule has 2 fully saturated rings. The molecule has 1 atom stereocenters. The summed E-state index contributed by atoms with van der Waals surface area (Å²) in [5.74, 6) is -6.96. The molecule has 0 aromatic heterocycles. The molecule has 0 amide bonds. The molecule has 1 unspecified atom stereocenters. The molecular formula is C18H20F4N2O. The van der Waals surface area contributed by atoms with Crippen molar-refractivity contribution < 1.29 is 22.3 Å². The highest BCUT2D eigenvalue weighted by Crippen LogP contribution is 2.38. The SMILES string of the molecule is C=CCOc1c(F)c(F)c(/C(=C2\CCCN2)C2CCCN2)c(F)c1F. The van der Waals surface area contributed by atoms with E-state index in [0.29, 0.717) is 31.6 Å². The van der Waals surface area contributed by atoms with Crippen LogP contribution < -0.4 is 15.4 Å². The van der Waals surface area contributed by atoms with Gasteiger partial charge in [-0.2, -0.15) is 8.78 Å². The molecule has 2 aliphatic heterocycles. The lowest BCUT2D eigenvalue weighted by atomic mass is 9.93. The largest absolute Gasteiger partial charge is 0.483 e. The predicted molar refractivity (Wildman–Crippen MR) is 87.1 cm³/mol. The van der Waals surface area contributed by atoms with Gasteiger partial charge >= 0.3 is 0 Å². The van der Waals surface area contributed by atoms with E-state index in [2.05, 4.69) is 17.2 Å².